The fourth-order valence-corrected chi connectivity index (χ4v) is 1.49. The molecule has 0 aromatic heterocycles. The minimum atomic E-state index is 0.311. The van der Waals surface area contributed by atoms with E-state index in [1.54, 1.807) is 0 Å². The molecule has 1 heteroatoms. The zero-order chi connectivity index (χ0) is 9.68. The van der Waals surface area contributed by atoms with Gasteiger partial charge in [0.25, 0.3) is 0 Å². The van der Waals surface area contributed by atoms with Gasteiger partial charge < -0.3 is 5.11 Å². The average Bonchev–Trinajstić information content (AvgIpc) is 2.15. The van der Waals surface area contributed by atoms with Gasteiger partial charge in [0.1, 0.15) is 0 Å². The highest BCUT2D eigenvalue weighted by atomic mass is 16.2. The molecule has 0 aliphatic rings. The van der Waals surface area contributed by atoms with Gasteiger partial charge in [-0.1, -0.05) is 44.2 Å². The van der Waals surface area contributed by atoms with Crippen LogP contribution in [0, 0.1) is 5.92 Å². The fraction of sp³-hybridized carbons (Fsp3) is 0.333. The molecule has 0 heterocycles. The minimum absolute atomic E-state index is 0.311. The van der Waals surface area contributed by atoms with Crippen molar-refractivity contribution in [2.75, 3.05) is 0 Å². The molecule has 70 valence electrons. The Morgan fingerprint density at radius 2 is 1.77 bits per heavy atom. The molecule has 0 radical (unpaired) electrons. The van der Waals surface area contributed by atoms with E-state index >= 15 is 0 Å². The van der Waals surface area contributed by atoms with Crippen molar-refractivity contribution in [2.24, 2.45) is 5.92 Å². The Morgan fingerprint density at radius 3 is 2.23 bits per heavy atom. The summed E-state index contributed by atoms with van der Waals surface area (Å²) in [5.41, 5.74) is 1.25. The number of hydrogen-bond acceptors (Lipinski definition) is 1. The largest absolute Gasteiger partial charge is 0.516 e. The van der Waals surface area contributed by atoms with Crippen molar-refractivity contribution in [1.29, 1.82) is 0 Å². The molecule has 13 heavy (non-hydrogen) atoms. The third-order valence-corrected chi connectivity index (χ3v) is 2.20. The van der Waals surface area contributed by atoms with Crippen LogP contribution in [0.4, 0.5) is 0 Å². The monoisotopic (exact) mass is 176 g/mol. The van der Waals surface area contributed by atoms with E-state index in [4.69, 9.17) is 5.11 Å². The standard InChI is InChI=1S/C12H16O/c1-10(2)12(8-9-13)11-6-4-3-5-7-11/h3-10,12-13H,1-2H3. The summed E-state index contributed by atoms with van der Waals surface area (Å²) in [6.45, 7) is 4.30. The highest BCUT2D eigenvalue weighted by molar-refractivity contribution is 5.23. The molecule has 0 fully saturated rings. The molecule has 0 spiro atoms. The number of aliphatic hydroxyl groups excluding tert-OH is 1. The first-order valence-electron chi connectivity index (χ1n) is 4.61. The molecule has 0 aliphatic heterocycles. The second kappa shape index (κ2) is 4.70. The quantitative estimate of drug-likeness (QED) is 0.699. The summed E-state index contributed by atoms with van der Waals surface area (Å²) in [5, 5.41) is 8.77. The van der Waals surface area contributed by atoms with Crippen molar-refractivity contribution in [3.8, 4) is 0 Å². The number of aliphatic hydroxyl groups is 1. The van der Waals surface area contributed by atoms with Crippen LogP contribution in [0.15, 0.2) is 42.7 Å². The van der Waals surface area contributed by atoms with Crippen LogP contribution in [-0.4, -0.2) is 5.11 Å². The molecule has 0 amide bonds. The molecule has 1 aromatic rings. The number of benzene rings is 1. The molecular weight excluding hydrogens is 160 g/mol. The molecule has 0 aliphatic carbocycles. The highest BCUT2D eigenvalue weighted by Gasteiger charge is 2.11. The minimum Gasteiger partial charge on any atom is -0.516 e. The Labute approximate surface area is 79.7 Å². The molecule has 1 nitrogen and oxygen atoms in total. The Kier molecular flexibility index (Phi) is 3.56. The van der Waals surface area contributed by atoms with Crippen molar-refractivity contribution >= 4 is 0 Å². The lowest BCUT2D eigenvalue weighted by molar-refractivity contribution is 0.461. The second-order valence-electron chi connectivity index (χ2n) is 3.52. The van der Waals surface area contributed by atoms with Crippen LogP contribution in [-0.2, 0) is 0 Å². The van der Waals surface area contributed by atoms with Crippen molar-refractivity contribution in [3.05, 3.63) is 48.2 Å². The van der Waals surface area contributed by atoms with Crippen molar-refractivity contribution in [1.82, 2.24) is 0 Å². The summed E-state index contributed by atoms with van der Waals surface area (Å²) in [7, 11) is 0. The Balaban J connectivity index is 2.89. The molecule has 0 saturated heterocycles. The van der Waals surface area contributed by atoms with Gasteiger partial charge in [-0.15, -0.1) is 0 Å². The summed E-state index contributed by atoms with van der Waals surface area (Å²) in [6.07, 6.45) is 2.97. The fourth-order valence-electron chi connectivity index (χ4n) is 1.49. The third-order valence-electron chi connectivity index (χ3n) is 2.20. The zero-order valence-electron chi connectivity index (χ0n) is 8.14. The second-order valence-corrected chi connectivity index (χ2v) is 3.52. The summed E-state index contributed by atoms with van der Waals surface area (Å²) in [5.74, 6) is 0.817. The SMILES string of the molecule is CC(C)C(C=CO)c1ccccc1. The average molecular weight is 176 g/mol. The predicted molar refractivity (Wildman–Crippen MR) is 55.8 cm³/mol. The van der Waals surface area contributed by atoms with E-state index < -0.39 is 0 Å². The smallest absolute Gasteiger partial charge is 0.0758 e. The van der Waals surface area contributed by atoms with Crippen molar-refractivity contribution < 1.29 is 5.11 Å². The van der Waals surface area contributed by atoms with Crippen LogP contribution in [0.25, 0.3) is 0 Å². The van der Waals surface area contributed by atoms with Crippen molar-refractivity contribution in [3.63, 3.8) is 0 Å². The van der Waals surface area contributed by atoms with Gasteiger partial charge in [0.2, 0.25) is 0 Å². The lowest BCUT2D eigenvalue weighted by atomic mass is 9.89. The van der Waals surface area contributed by atoms with Crippen LogP contribution in [0.1, 0.15) is 25.3 Å². The first-order chi connectivity index (χ1) is 6.25. The molecule has 1 aromatic carbocycles. The van der Waals surface area contributed by atoms with Gasteiger partial charge in [0, 0.05) is 5.92 Å². The Hall–Kier alpha value is -1.24. The lowest BCUT2D eigenvalue weighted by Crippen LogP contribution is -2.03. The van der Waals surface area contributed by atoms with Gasteiger partial charge in [-0.3, -0.25) is 0 Å². The molecule has 0 saturated carbocycles. The summed E-state index contributed by atoms with van der Waals surface area (Å²) in [6, 6.07) is 10.2. The number of rotatable bonds is 3. The maximum Gasteiger partial charge on any atom is 0.0758 e. The van der Waals surface area contributed by atoms with E-state index in [9.17, 15) is 0 Å². The van der Waals surface area contributed by atoms with Gasteiger partial charge in [0.15, 0.2) is 0 Å². The van der Waals surface area contributed by atoms with Gasteiger partial charge in [-0.05, 0) is 17.6 Å². The predicted octanol–water partition coefficient (Wildman–Crippen LogP) is 3.50. The van der Waals surface area contributed by atoms with Gasteiger partial charge in [-0.2, -0.15) is 0 Å². The van der Waals surface area contributed by atoms with Crippen LogP contribution in [0.3, 0.4) is 0 Å². The Bertz CT molecular complexity index is 262. The topological polar surface area (TPSA) is 20.2 Å². The molecular formula is C12H16O. The summed E-state index contributed by atoms with van der Waals surface area (Å²) in [4.78, 5) is 0. The summed E-state index contributed by atoms with van der Waals surface area (Å²) < 4.78 is 0. The van der Waals surface area contributed by atoms with Crippen molar-refractivity contribution in [2.45, 2.75) is 19.8 Å². The van der Waals surface area contributed by atoms with E-state index in [1.807, 2.05) is 24.3 Å². The van der Waals surface area contributed by atoms with Gasteiger partial charge >= 0.3 is 0 Å². The maximum absolute atomic E-state index is 8.77. The first-order valence-corrected chi connectivity index (χ1v) is 4.61. The van der Waals surface area contributed by atoms with Gasteiger partial charge in [0.05, 0.1) is 6.26 Å². The maximum atomic E-state index is 8.77. The number of allylic oxidation sites excluding steroid dienone is 1. The normalized spacial score (nSPS) is 13.8. The molecule has 1 N–H and O–H groups in total. The lowest BCUT2D eigenvalue weighted by Gasteiger charge is -2.16. The molecule has 1 rings (SSSR count). The van der Waals surface area contributed by atoms with Crippen LogP contribution in [0.2, 0.25) is 0 Å². The van der Waals surface area contributed by atoms with Crippen LogP contribution < -0.4 is 0 Å². The number of hydrogen-bond donors (Lipinski definition) is 1. The Morgan fingerprint density at radius 1 is 1.15 bits per heavy atom. The van der Waals surface area contributed by atoms with Gasteiger partial charge in [-0.25, -0.2) is 0 Å². The van der Waals surface area contributed by atoms with E-state index in [-0.39, 0.29) is 0 Å². The zero-order valence-corrected chi connectivity index (χ0v) is 8.14. The summed E-state index contributed by atoms with van der Waals surface area (Å²) >= 11 is 0. The van der Waals surface area contributed by atoms with Crippen LogP contribution in [0.5, 0.6) is 0 Å². The third kappa shape index (κ3) is 2.62. The van der Waals surface area contributed by atoms with E-state index in [0.29, 0.717) is 11.8 Å². The molecule has 1 atom stereocenters. The van der Waals surface area contributed by atoms with Crippen LogP contribution >= 0.6 is 0 Å². The highest BCUT2D eigenvalue weighted by Crippen LogP contribution is 2.25. The van der Waals surface area contributed by atoms with E-state index in [1.165, 1.54) is 5.56 Å². The molecule has 1 unspecified atom stereocenters. The van der Waals surface area contributed by atoms with E-state index in [0.717, 1.165) is 6.26 Å². The first kappa shape index (κ1) is 9.85. The van der Waals surface area contributed by atoms with E-state index in [2.05, 4.69) is 26.0 Å². The molecule has 0 bridgehead atoms.